The molecule has 3 rings (SSSR count). The second-order valence-corrected chi connectivity index (χ2v) is 7.44. The van der Waals surface area contributed by atoms with Gasteiger partial charge in [-0.2, -0.15) is 11.8 Å². The number of nitrogens with one attached hydrogen (secondary N) is 1. The number of thioether (sulfide) groups is 1. The van der Waals surface area contributed by atoms with Crippen molar-refractivity contribution in [1.29, 1.82) is 0 Å². The Labute approximate surface area is 125 Å². The summed E-state index contributed by atoms with van der Waals surface area (Å²) in [6.45, 7) is 0.884. The Morgan fingerprint density at radius 3 is 2.65 bits per heavy atom. The largest absolute Gasteiger partial charge is 0.305 e. The van der Waals surface area contributed by atoms with Gasteiger partial charge in [-0.15, -0.1) is 0 Å². The van der Waals surface area contributed by atoms with E-state index in [9.17, 15) is 9.59 Å². The predicted molar refractivity (Wildman–Crippen MR) is 80.6 cm³/mol. The van der Waals surface area contributed by atoms with E-state index in [1.807, 2.05) is 11.8 Å². The Balaban J connectivity index is 1.55. The zero-order valence-electron chi connectivity index (χ0n) is 12.0. The van der Waals surface area contributed by atoms with Crippen molar-refractivity contribution >= 4 is 23.6 Å². The first-order chi connectivity index (χ1) is 9.75. The van der Waals surface area contributed by atoms with Gasteiger partial charge in [0.15, 0.2) is 0 Å². The first-order valence-electron chi connectivity index (χ1n) is 7.92. The summed E-state index contributed by atoms with van der Waals surface area (Å²) < 4.78 is 0. The fourth-order valence-electron chi connectivity index (χ4n) is 3.59. The molecule has 2 aliphatic heterocycles. The molecule has 3 fully saturated rings. The number of carbonyl (C=O) groups is 2. The van der Waals surface area contributed by atoms with Crippen LogP contribution in [0, 0.1) is 5.92 Å². The molecule has 1 aliphatic carbocycles. The molecule has 4 nitrogen and oxygen atoms in total. The third kappa shape index (κ3) is 3.03. The molecule has 2 atom stereocenters. The predicted octanol–water partition coefficient (Wildman–Crippen LogP) is 1.79. The highest BCUT2D eigenvalue weighted by molar-refractivity contribution is 7.99. The van der Waals surface area contributed by atoms with Crippen molar-refractivity contribution in [3.05, 3.63) is 0 Å². The van der Waals surface area contributed by atoms with Crippen LogP contribution in [0.25, 0.3) is 0 Å². The summed E-state index contributed by atoms with van der Waals surface area (Å²) >= 11 is 1.99. The van der Waals surface area contributed by atoms with E-state index >= 15 is 0 Å². The van der Waals surface area contributed by atoms with Gasteiger partial charge in [0, 0.05) is 6.04 Å². The minimum Gasteiger partial charge on any atom is -0.305 e. The number of carbonyl (C=O) groups excluding carboxylic acids is 2. The molecule has 0 aromatic heterocycles. The lowest BCUT2D eigenvalue weighted by molar-refractivity contribution is -0.142. The summed E-state index contributed by atoms with van der Waals surface area (Å²) in [7, 11) is 0. The van der Waals surface area contributed by atoms with Crippen molar-refractivity contribution in [3.63, 3.8) is 0 Å². The van der Waals surface area contributed by atoms with Gasteiger partial charge in [0.1, 0.15) is 0 Å². The molecule has 0 bridgehead atoms. The summed E-state index contributed by atoms with van der Waals surface area (Å²) in [4.78, 5) is 26.2. The third-order valence-electron chi connectivity index (χ3n) is 4.80. The van der Waals surface area contributed by atoms with Gasteiger partial charge >= 0.3 is 0 Å². The monoisotopic (exact) mass is 296 g/mol. The fourth-order valence-corrected chi connectivity index (χ4v) is 4.87. The lowest BCUT2D eigenvalue weighted by atomic mass is 9.94. The van der Waals surface area contributed by atoms with Crippen LogP contribution in [0.4, 0.5) is 0 Å². The number of rotatable bonds is 4. The van der Waals surface area contributed by atoms with Gasteiger partial charge in [0.2, 0.25) is 11.8 Å². The third-order valence-corrected chi connectivity index (χ3v) is 6.03. The molecule has 20 heavy (non-hydrogen) atoms. The molecular weight excluding hydrogens is 272 g/mol. The maximum Gasteiger partial charge on any atom is 0.247 e. The number of nitrogens with zero attached hydrogens (tertiary/aromatic N) is 1. The topological polar surface area (TPSA) is 49.4 Å². The SMILES string of the molecule is O=C1CC(NCC2CCSC2)C(=O)N1C1CCCCC1. The second-order valence-electron chi connectivity index (χ2n) is 6.29. The first kappa shape index (κ1) is 14.4. The average molecular weight is 296 g/mol. The molecule has 0 aromatic rings. The molecule has 0 aromatic carbocycles. The van der Waals surface area contributed by atoms with Crippen molar-refractivity contribution in [2.45, 2.75) is 57.0 Å². The van der Waals surface area contributed by atoms with Gasteiger partial charge in [-0.3, -0.25) is 14.5 Å². The highest BCUT2D eigenvalue weighted by atomic mass is 32.2. The zero-order valence-corrected chi connectivity index (χ0v) is 12.8. The Kier molecular flexibility index (Phi) is 4.66. The highest BCUT2D eigenvalue weighted by Crippen LogP contribution is 2.28. The van der Waals surface area contributed by atoms with Gasteiger partial charge in [-0.25, -0.2) is 0 Å². The van der Waals surface area contributed by atoms with Crippen LogP contribution >= 0.6 is 11.8 Å². The molecule has 2 unspecified atom stereocenters. The molecule has 1 saturated carbocycles. The van der Waals surface area contributed by atoms with Crippen LogP contribution in [0.3, 0.4) is 0 Å². The van der Waals surface area contributed by atoms with E-state index in [2.05, 4.69) is 5.32 Å². The summed E-state index contributed by atoms with van der Waals surface area (Å²) in [6, 6.07) is -0.0763. The Morgan fingerprint density at radius 2 is 1.95 bits per heavy atom. The molecule has 0 spiro atoms. The van der Waals surface area contributed by atoms with Crippen molar-refractivity contribution in [1.82, 2.24) is 10.2 Å². The van der Waals surface area contributed by atoms with Gasteiger partial charge in [-0.05, 0) is 43.2 Å². The van der Waals surface area contributed by atoms with Crippen molar-refractivity contribution in [2.24, 2.45) is 5.92 Å². The van der Waals surface area contributed by atoms with Crippen LogP contribution in [-0.4, -0.2) is 46.8 Å². The first-order valence-corrected chi connectivity index (χ1v) is 9.08. The van der Waals surface area contributed by atoms with E-state index in [0.717, 1.165) is 32.2 Å². The number of likely N-dealkylation sites (tertiary alicyclic amines) is 1. The van der Waals surface area contributed by atoms with E-state index in [4.69, 9.17) is 0 Å². The number of hydrogen-bond acceptors (Lipinski definition) is 4. The molecule has 112 valence electrons. The van der Waals surface area contributed by atoms with E-state index in [0.29, 0.717) is 12.3 Å². The molecule has 0 radical (unpaired) electrons. The van der Waals surface area contributed by atoms with Gasteiger partial charge in [0.25, 0.3) is 0 Å². The average Bonchev–Trinajstić information content (AvgIpc) is 3.06. The smallest absolute Gasteiger partial charge is 0.247 e. The Bertz CT molecular complexity index is 376. The van der Waals surface area contributed by atoms with Crippen LogP contribution in [0.1, 0.15) is 44.9 Å². The van der Waals surface area contributed by atoms with E-state index in [1.54, 1.807) is 4.90 Å². The van der Waals surface area contributed by atoms with Crippen LogP contribution in [0.2, 0.25) is 0 Å². The Hall–Kier alpha value is -0.550. The van der Waals surface area contributed by atoms with E-state index in [1.165, 1.54) is 24.3 Å². The quantitative estimate of drug-likeness (QED) is 0.804. The lowest BCUT2D eigenvalue weighted by Crippen LogP contribution is -2.45. The summed E-state index contributed by atoms with van der Waals surface area (Å²) in [5, 5.41) is 3.35. The maximum absolute atomic E-state index is 12.5. The molecule has 3 aliphatic rings. The molecular formula is C15H24N2O2S. The highest BCUT2D eigenvalue weighted by Gasteiger charge is 2.42. The van der Waals surface area contributed by atoms with Crippen molar-refractivity contribution < 1.29 is 9.59 Å². The van der Waals surface area contributed by atoms with Crippen LogP contribution < -0.4 is 5.32 Å². The van der Waals surface area contributed by atoms with Crippen LogP contribution in [0.5, 0.6) is 0 Å². The van der Waals surface area contributed by atoms with Gasteiger partial charge < -0.3 is 5.32 Å². The number of hydrogen-bond donors (Lipinski definition) is 1. The van der Waals surface area contributed by atoms with Crippen molar-refractivity contribution in [3.8, 4) is 0 Å². The van der Waals surface area contributed by atoms with Crippen molar-refractivity contribution in [2.75, 3.05) is 18.1 Å². The fraction of sp³-hybridized carbons (Fsp3) is 0.867. The summed E-state index contributed by atoms with van der Waals surface area (Å²) in [5.41, 5.74) is 0. The normalized spacial score (nSPS) is 32.3. The number of imide groups is 1. The summed E-state index contributed by atoms with van der Waals surface area (Å²) in [5.74, 6) is 3.17. The lowest BCUT2D eigenvalue weighted by Gasteiger charge is -2.29. The van der Waals surface area contributed by atoms with E-state index in [-0.39, 0.29) is 23.9 Å². The van der Waals surface area contributed by atoms with E-state index < -0.39 is 0 Å². The minimum atomic E-state index is -0.255. The zero-order chi connectivity index (χ0) is 13.9. The minimum absolute atomic E-state index is 0.0348. The second kappa shape index (κ2) is 6.48. The molecule has 2 heterocycles. The standard InChI is InChI=1S/C15H24N2O2S/c18-14-8-13(16-9-11-6-7-20-10-11)15(19)17(14)12-4-2-1-3-5-12/h11-13,16H,1-10H2. The summed E-state index contributed by atoms with van der Waals surface area (Å²) in [6.07, 6.45) is 7.16. The molecule has 1 N–H and O–H groups in total. The van der Waals surface area contributed by atoms with Crippen LogP contribution in [0.15, 0.2) is 0 Å². The van der Waals surface area contributed by atoms with Gasteiger partial charge in [0.05, 0.1) is 12.5 Å². The van der Waals surface area contributed by atoms with Gasteiger partial charge in [-0.1, -0.05) is 19.3 Å². The molecule has 2 saturated heterocycles. The molecule has 2 amide bonds. The van der Waals surface area contributed by atoms with Crippen LogP contribution in [-0.2, 0) is 9.59 Å². The maximum atomic E-state index is 12.5. The Morgan fingerprint density at radius 1 is 1.15 bits per heavy atom. The number of amides is 2. The molecule has 5 heteroatoms.